The SMILES string of the molecule is O=C(O)/C=C/c1ccc(/C=C/C(=O)c2ccc(N3CCN(C(=O)c4ccccc4)CC3)cc2)cc1. The molecule has 176 valence electrons. The van der Waals surface area contributed by atoms with Crippen LogP contribution < -0.4 is 4.90 Å². The summed E-state index contributed by atoms with van der Waals surface area (Å²) in [7, 11) is 0. The van der Waals surface area contributed by atoms with Gasteiger partial charge in [-0.1, -0.05) is 48.5 Å². The number of amides is 1. The van der Waals surface area contributed by atoms with Crippen molar-refractivity contribution in [1.29, 1.82) is 0 Å². The number of benzene rings is 3. The summed E-state index contributed by atoms with van der Waals surface area (Å²) in [5.41, 5.74) is 3.97. The fourth-order valence-corrected chi connectivity index (χ4v) is 3.92. The zero-order valence-corrected chi connectivity index (χ0v) is 19.2. The van der Waals surface area contributed by atoms with Crippen molar-refractivity contribution in [2.75, 3.05) is 31.1 Å². The van der Waals surface area contributed by atoms with Crippen LogP contribution in [0.3, 0.4) is 0 Å². The van der Waals surface area contributed by atoms with E-state index in [9.17, 15) is 14.4 Å². The number of ketones is 1. The van der Waals surface area contributed by atoms with E-state index in [1.807, 2.05) is 71.6 Å². The molecule has 35 heavy (non-hydrogen) atoms. The summed E-state index contributed by atoms with van der Waals surface area (Å²) in [6.45, 7) is 2.79. The largest absolute Gasteiger partial charge is 0.478 e. The molecular formula is C29H26N2O4. The van der Waals surface area contributed by atoms with Gasteiger partial charge in [-0.05, 0) is 59.7 Å². The van der Waals surface area contributed by atoms with Crippen LogP contribution in [-0.2, 0) is 4.79 Å². The second-order valence-electron chi connectivity index (χ2n) is 8.23. The third-order valence-electron chi connectivity index (χ3n) is 5.89. The van der Waals surface area contributed by atoms with Crippen LogP contribution in [0.2, 0.25) is 0 Å². The fraction of sp³-hybridized carbons (Fsp3) is 0.138. The molecule has 1 aliphatic rings. The van der Waals surface area contributed by atoms with E-state index in [4.69, 9.17) is 5.11 Å². The van der Waals surface area contributed by atoms with Crippen molar-refractivity contribution in [2.24, 2.45) is 0 Å². The Morgan fingerprint density at radius 2 is 1.23 bits per heavy atom. The van der Waals surface area contributed by atoms with Gasteiger partial charge in [0, 0.05) is 49.1 Å². The number of carbonyl (C=O) groups excluding carboxylic acids is 2. The molecule has 0 saturated carbocycles. The first kappa shape index (κ1) is 23.7. The number of rotatable bonds is 7. The summed E-state index contributed by atoms with van der Waals surface area (Å²) in [4.78, 5) is 39.9. The van der Waals surface area contributed by atoms with Gasteiger partial charge in [0.2, 0.25) is 0 Å². The van der Waals surface area contributed by atoms with Crippen LogP contribution in [0.15, 0.2) is 91.0 Å². The van der Waals surface area contributed by atoms with Gasteiger partial charge in [-0.15, -0.1) is 0 Å². The molecule has 6 nitrogen and oxygen atoms in total. The number of carbonyl (C=O) groups is 3. The Morgan fingerprint density at radius 1 is 0.657 bits per heavy atom. The van der Waals surface area contributed by atoms with Crippen LogP contribution in [0, 0.1) is 0 Å². The minimum Gasteiger partial charge on any atom is -0.478 e. The Hall–Kier alpha value is -4.45. The van der Waals surface area contributed by atoms with Crippen LogP contribution in [0.4, 0.5) is 5.69 Å². The Morgan fingerprint density at radius 3 is 1.80 bits per heavy atom. The number of anilines is 1. The minimum atomic E-state index is -0.994. The number of carboxylic acid groups (broad SMARTS) is 1. The van der Waals surface area contributed by atoms with Crippen molar-refractivity contribution in [2.45, 2.75) is 0 Å². The maximum atomic E-state index is 12.6. The highest BCUT2D eigenvalue weighted by molar-refractivity contribution is 6.07. The summed E-state index contributed by atoms with van der Waals surface area (Å²) in [5, 5.41) is 8.69. The minimum absolute atomic E-state index is 0.0596. The van der Waals surface area contributed by atoms with Crippen LogP contribution in [-0.4, -0.2) is 53.8 Å². The zero-order valence-electron chi connectivity index (χ0n) is 19.2. The van der Waals surface area contributed by atoms with Gasteiger partial charge in [-0.3, -0.25) is 9.59 Å². The van der Waals surface area contributed by atoms with E-state index in [1.165, 1.54) is 12.2 Å². The average Bonchev–Trinajstić information content (AvgIpc) is 2.91. The predicted octanol–water partition coefficient (Wildman–Crippen LogP) is 4.64. The van der Waals surface area contributed by atoms with E-state index in [-0.39, 0.29) is 11.7 Å². The Labute approximate surface area is 204 Å². The molecule has 1 N–H and O–H groups in total. The highest BCUT2D eigenvalue weighted by atomic mass is 16.4. The van der Waals surface area contributed by atoms with Gasteiger partial charge in [0.05, 0.1) is 0 Å². The number of carboxylic acids is 1. The monoisotopic (exact) mass is 466 g/mol. The summed E-state index contributed by atoms with van der Waals surface area (Å²) < 4.78 is 0. The molecule has 3 aromatic rings. The highest BCUT2D eigenvalue weighted by Crippen LogP contribution is 2.19. The average molecular weight is 467 g/mol. The maximum Gasteiger partial charge on any atom is 0.328 e. The molecular weight excluding hydrogens is 440 g/mol. The lowest BCUT2D eigenvalue weighted by Gasteiger charge is -2.36. The quantitative estimate of drug-likeness (QED) is 0.405. The van der Waals surface area contributed by atoms with E-state index in [0.717, 1.165) is 36.0 Å². The molecule has 0 unspecified atom stereocenters. The molecule has 0 radical (unpaired) electrons. The van der Waals surface area contributed by atoms with Gasteiger partial charge in [-0.25, -0.2) is 4.79 Å². The summed E-state index contributed by atoms with van der Waals surface area (Å²) in [6, 6.07) is 24.1. The molecule has 0 aromatic heterocycles. The van der Waals surface area contributed by atoms with Gasteiger partial charge < -0.3 is 14.9 Å². The predicted molar refractivity (Wildman–Crippen MR) is 137 cm³/mol. The van der Waals surface area contributed by atoms with Crippen LogP contribution in [0.25, 0.3) is 12.2 Å². The standard InChI is InChI=1S/C29H26N2O4/c32-27(16-10-22-6-8-23(9-7-22)11-17-28(33)34)24-12-14-26(15-13-24)30-18-20-31(21-19-30)29(35)25-4-2-1-3-5-25/h1-17H,18-21H2,(H,33,34)/b16-10+,17-11+. The molecule has 6 heteroatoms. The molecule has 0 aliphatic carbocycles. The topological polar surface area (TPSA) is 77.9 Å². The second-order valence-corrected chi connectivity index (χ2v) is 8.23. The first-order valence-electron chi connectivity index (χ1n) is 11.4. The van der Waals surface area contributed by atoms with E-state index in [0.29, 0.717) is 24.2 Å². The van der Waals surface area contributed by atoms with E-state index in [1.54, 1.807) is 18.2 Å². The number of allylic oxidation sites excluding steroid dienone is 1. The van der Waals surface area contributed by atoms with Gasteiger partial charge >= 0.3 is 5.97 Å². The number of hydrogen-bond acceptors (Lipinski definition) is 4. The molecule has 1 fully saturated rings. The van der Waals surface area contributed by atoms with Gasteiger partial charge in [0.1, 0.15) is 0 Å². The Balaban J connectivity index is 1.31. The van der Waals surface area contributed by atoms with Crippen molar-refractivity contribution in [3.8, 4) is 0 Å². The molecule has 0 atom stereocenters. The third-order valence-corrected chi connectivity index (χ3v) is 5.89. The molecule has 0 spiro atoms. The van der Waals surface area contributed by atoms with Crippen molar-refractivity contribution in [3.05, 3.63) is 113 Å². The zero-order chi connectivity index (χ0) is 24.6. The number of piperazine rings is 1. The molecule has 1 saturated heterocycles. The molecule has 0 bridgehead atoms. The number of aliphatic carboxylic acids is 1. The van der Waals surface area contributed by atoms with E-state index in [2.05, 4.69) is 4.90 Å². The molecule has 1 amide bonds. The molecule has 4 rings (SSSR count). The molecule has 1 aliphatic heterocycles. The van der Waals surface area contributed by atoms with Gasteiger partial charge in [0.15, 0.2) is 5.78 Å². The summed E-state index contributed by atoms with van der Waals surface area (Å²) >= 11 is 0. The fourth-order valence-electron chi connectivity index (χ4n) is 3.92. The van der Waals surface area contributed by atoms with Gasteiger partial charge in [-0.2, -0.15) is 0 Å². The maximum absolute atomic E-state index is 12.6. The van der Waals surface area contributed by atoms with Crippen LogP contribution in [0.1, 0.15) is 31.8 Å². The lowest BCUT2D eigenvalue weighted by Crippen LogP contribution is -2.48. The Bertz CT molecular complexity index is 1240. The summed E-state index contributed by atoms with van der Waals surface area (Å²) in [5.74, 6) is -1.03. The van der Waals surface area contributed by atoms with Crippen LogP contribution in [0.5, 0.6) is 0 Å². The lowest BCUT2D eigenvalue weighted by atomic mass is 10.1. The molecule has 3 aromatic carbocycles. The van der Waals surface area contributed by atoms with E-state index >= 15 is 0 Å². The smallest absolute Gasteiger partial charge is 0.328 e. The summed E-state index contributed by atoms with van der Waals surface area (Å²) in [6.07, 6.45) is 5.88. The van der Waals surface area contributed by atoms with Crippen molar-refractivity contribution in [3.63, 3.8) is 0 Å². The van der Waals surface area contributed by atoms with Crippen molar-refractivity contribution >= 4 is 35.5 Å². The molecule has 1 heterocycles. The second kappa shape index (κ2) is 11.1. The van der Waals surface area contributed by atoms with E-state index < -0.39 is 5.97 Å². The number of hydrogen-bond donors (Lipinski definition) is 1. The van der Waals surface area contributed by atoms with Gasteiger partial charge in [0.25, 0.3) is 5.91 Å². The van der Waals surface area contributed by atoms with Crippen molar-refractivity contribution < 1.29 is 19.5 Å². The van der Waals surface area contributed by atoms with Crippen LogP contribution >= 0.6 is 0 Å². The normalized spacial score (nSPS) is 13.9. The highest BCUT2D eigenvalue weighted by Gasteiger charge is 2.22. The third kappa shape index (κ3) is 6.32. The first-order chi connectivity index (χ1) is 17.0. The lowest BCUT2D eigenvalue weighted by molar-refractivity contribution is -0.131. The Kier molecular flexibility index (Phi) is 7.53. The number of nitrogens with zero attached hydrogens (tertiary/aromatic N) is 2. The first-order valence-corrected chi connectivity index (χ1v) is 11.4. The van der Waals surface area contributed by atoms with Crippen molar-refractivity contribution in [1.82, 2.24) is 4.90 Å².